The van der Waals surface area contributed by atoms with Crippen molar-refractivity contribution in [2.45, 2.75) is 89.4 Å². The third-order valence-electron chi connectivity index (χ3n) is 8.27. The highest BCUT2D eigenvalue weighted by molar-refractivity contribution is 5.76. The number of methoxy groups -OCH3 is 1. The summed E-state index contributed by atoms with van der Waals surface area (Å²) in [6, 6.07) is 16.8. The van der Waals surface area contributed by atoms with Crippen molar-refractivity contribution in [3.05, 3.63) is 83.2 Å². The standard InChI is InChI=1S/C34H45FO2/c1-3-4-5-8-26-9-11-27(12-10-26)28-13-15-29(16-14-28)31-19-22-33(34(35)25-31)30-17-20-32(21-18-30)37-24-7-6-23-36-2/h13-21,25-27,33H,3-12,22-24H2,1-2H3. The average Bonchev–Trinajstić information content (AvgIpc) is 2.94. The first kappa shape index (κ1) is 27.6. The van der Waals surface area contributed by atoms with Crippen molar-refractivity contribution in [2.75, 3.05) is 20.3 Å². The molecule has 37 heavy (non-hydrogen) atoms. The van der Waals surface area contributed by atoms with Gasteiger partial charge >= 0.3 is 0 Å². The summed E-state index contributed by atoms with van der Waals surface area (Å²) in [7, 11) is 1.72. The average molecular weight is 505 g/mol. The van der Waals surface area contributed by atoms with Crippen LogP contribution in [0.25, 0.3) is 5.57 Å². The van der Waals surface area contributed by atoms with E-state index in [1.54, 1.807) is 13.2 Å². The van der Waals surface area contributed by atoms with Crippen LogP contribution in [0.2, 0.25) is 0 Å². The first-order valence-corrected chi connectivity index (χ1v) is 14.6. The van der Waals surface area contributed by atoms with Gasteiger partial charge in [-0.05, 0) is 97.3 Å². The highest BCUT2D eigenvalue weighted by Gasteiger charge is 2.23. The predicted molar refractivity (Wildman–Crippen MR) is 153 cm³/mol. The molecule has 3 heteroatoms. The minimum Gasteiger partial charge on any atom is -0.494 e. The third kappa shape index (κ3) is 8.04. The maximum atomic E-state index is 15.2. The number of halogens is 1. The van der Waals surface area contributed by atoms with Crippen LogP contribution in [-0.4, -0.2) is 20.3 Å². The molecule has 2 aromatic rings. The van der Waals surface area contributed by atoms with Crippen LogP contribution in [0.4, 0.5) is 4.39 Å². The van der Waals surface area contributed by atoms with Gasteiger partial charge in [0.2, 0.25) is 0 Å². The van der Waals surface area contributed by atoms with E-state index in [1.165, 1.54) is 56.9 Å². The van der Waals surface area contributed by atoms with Crippen LogP contribution < -0.4 is 4.74 Å². The van der Waals surface area contributed by atoms with Gasteiger partial charge in [-0.3, -0.25) is 0 Å². The summed E-state index contributed by atoms with van der Waals surface area (Å²) < 4.78 is 26.1. The molecule has 0 spiro atoms. The van der Waals surface area contributed by atoms with E-state index in [-0.39, 0.29) is 11.7 Å². The van der Waals surface area contributed by atoms with Gasteiger partial charge in [-0.15, -0.1) is 0 Å². The molecule has 2 aromatic carbocycles. The molecule has 2 aliphatic rings. The van der Waals surface area contributed by atoms with Crippen molar-refractivity contribution in [3.63, 3.8) is 0 Å². The molecule has 0 heterocycles. The zero-order valence-electron chi connectivity index (χ0n) is 22.9. The van der Waals surface area contributed by atoms with Crippen LogP contribution in [0.3, 0.4) is 0 Å². The Labute approximate surface area is 224 Å². The molecule has 1 saturated carbocycles. The molecule has 0 aliphatic heterocycles. The van der Waals surface area contributed by atoms with Crippen LogP contribution in [0.1, 0.15) is 106 Å². The predicted octanol–water partition coefficient (Wildman–Crippen LogP) is 9.77. The highest BCUT2D eigenvalue weighted by atomic mass is 19.1. The van der Waals surface area contributed by atoms with Gasteiger partial charge in [0.05, 0.1) is 6.61 Å². The molecule has 0 bridgehead atoms. The molecular formula is C34H45FO2. The van der Waals surface area contributed by atoms with Crippen molar-refractivity contribution >= 4 is 5.57 Å². The van der Waals surface area contributed by atoms with E-state index in [4.69, 9.17) is 9.47 Å². The second-order valence-electron chi connectivity index (χ2n) is 10.9. The molecule has 0 saturated heterocycles. The Morgan fingerprint density at radius 3 is 2.19 bits per heavy atom. The molecular weight excluding hydrogens is 459 g/mol. The SMILES string of the molecule is CCCCCC1CCC(c2ccc(C3=CCC(c4ccc(OCCCCOC)cc4)C(F)=C3)cc2)CC1. The summed E-state index contributed by atoms with van der Waals surface area (Å²) in [5.74, 6) is 2.18. The quantitative estimate of drug-likeness (QED) is 0.253. The summed E-state index contributed by atoms with van der Waals surface area (Å²) >= 11 is 0. The van der Waals surface area contributed by atoms with Gasteiger partial charge in [0.25, 0.3) is 0 Å². The van der Waals surface area contributed by atoms with Crippen molar-refractivity contribution in [1.82, 2.24) is 0 Å². The number of ether oxygens (including phenoxy) is 2. The lowest BCUT2D eigenvalue weighted by Gasteiger charge is -2.29. The maximum absolute atomic E-state index is 15.2. The Bertz CT molecular complexity index is 997. The van der Waals surface area contributed by atoms with E-state index in [1.807, 2.05) is 24.3 Å². The number of benzene rings is 2. The highest BCUT2D eigenvalue weighted by Crippen LogP contribution is 2.40. The van der Waals surface area contributed by atoms with Crippen LogP contribution in [0, 0.1) is 5.92 Å². The second-order valence-corrected chi connectivity index (χ2v) is 10.9. The first-order chi connectivity index (χ1) is 18.2. The molecule has 1 atom stereocenters. The second kappa shape index (κ2) is 14.5. The molecule has 1 fully saturated rings. The zero-order chi connectivity index (χ0) is 25.9. The number of hydrogen-bond donors (Lipinski definition) is 0. The fraction of sp³-hybridized carbons (Fsp3) is 0.529. The molecule has 0 radical (unpaired) electrons. The van der Waals surface area contributed by atoms with Crippen LogP contribution in [0.5, 0.6) is 5.75 Å². The smallest absolute Gasteiger partial charge is 0.119 e. The minimum atomic E-state index is -0.216. The van der Waals surface area contributed by atoms with Crippen LogP contribution in [-0.2, 0) is 4.74 Å². The summed E-state index contributed by atoms with van der Waals surface area (Å²) in [6.07, 6.45) is 17.4. The van der Waals surface area contributed by atoms with Crippen molar-refractivity contribution < 1.29 is 13.9 Å². The lowest BCUT2D eigenvalue weighted by molar-refractivity contribution is 0.184. The van der Waals surface area contributed by atoms with Gasteiger partial charge in [-0.25, -0.2) is 4.39 Å². The van der Waals surface area contributed by atoms with Gasteiger partial charge in [0.15, 0.2) is 0 Å². The topological polar surface area (TPSA) is 18.5 Å². The monoisotopic (exact) mass is 504 g/mol. The number of hydrogen-bond acceptors (Lipinski definition) is 2. The molecule has 0 aromatic heterocycles. The van der Waals surface area contributed by atoms with Crippen LogP contribution in [0.15, 0.2) is 66.5 Å². The maximum Gasteiger partial charge on any atom is 0.119 e. The van der Waals surface area contributed by atoms with Gasteiger partial charge in [-0.2, -0.15) is 0 Å². The van der Waals surface area contributed by atoms with E-state index >= 15 is 4.39 Å². The van der Waals surface area contributed by atoms with E-state index in [2.05, 4.69) is 37.3 Å². The summed E-state index contributed by atoms with van der Waals surface area (Å²) in [6.45, 7) is 3.72. The summed E-state index contributed by atoms with van der Waals surface area (Å²) in [4.78, 5) is 0. The van der Waals surface area contributed by atoms with E-state index in [0.717, 1.165) is 47.8 Å². The molecule has 0 amide bonds. The molecule has 2 aliphatic carbocycles. The summed E-state index contributed by atoms with van der Waals surface area (Å²) in [5.41, 5.74) is 4.56. The minimum absolute atomic E-state index is 0.0591. The number of unbranched alkanes of at least 4 members (excludes halogenated alkanes) is 3. The van der Waals surface area contributed by atoms with Gasteiger partial charge in [0.1, 0.15) is 11.6 Å². The number of allylic oxidation sites excluding steroid dienone is 4. The molecule has 2 nitrogen and oxygen atoms in total. The lowest BCUT2D eigenvalue weighted by Crippen LogP contribution is -2.13. The van der Waals surface area contributed by atoms with Crippen molar-refractivity contribution in [3.8, 4) is 5.75 Å². The Morgan fingerprint density at radius 2 is 1.51 bits per heavy atom. The molecule has 200 valence electrons. The van der Waals surface area contributed by atoms with Crippen molar-refractivity contribution in [2.24, 2.45) is 5.92 Å². The lowest BCUT2D eigenvalue weighted by atomic mass is 9.77. The fourth-order valence-corrected chi connectivity index (χ4v) is 5.91. The molecule has 1 unspecified atom stereocenters. The zero-order valence-corrected chi connectivity index (χ0v) is 22.9. The Hall–Kier alpha value is -2.39. The van der Waals surface area contributed by atoms with E-state index in [9.17, 15) is 0 Å². The van der Waals surface area contributed by atoms with Crippen LogP contribution >= 0.6 is 0 Å². The van der Waals surface area contributed by atoms with E-state index < -0.39 is 0 Å². The third-order valence-corrected chi connectivity index (χ3v) is 8.27. The Kier molecular flexibility index (Phi) is 10.8. The van der Waals surface area contributed by atoms with Gasteiger partial charge in [-0.1, -0.05) is 75.1 Å². The molecule has 0 N–H and O–H groups in total. The van der Waals surface area contributed by atoms with Gasteiger partial charge in [0, 0.05) is 19.6 Å². The Balaban J connectivity index is 1.28. The van der Waals surface area contributed by atoms with Crippen molar-refractivity contribution in [1.29, 1.82) is 0 Å². The summed E-state index contributed by atoms with van der Waals surface area (Å²) in [5, 5.41) is 0. The largest absolute Gasteiger partial charge is 0.494 e. The molecule has 4 rings (SSSR count). The normalized spacial score (nSPS) is 21.9. The fourth-order valence-electron chi connectivity index (χ4n) is 5.91. The van der Waals surface area contributed by atoms with Gasteiger partial charge < -0.3 is 9.47 Å². The number of rotatable bonds is 13. The Morgan fingerprint density at radius 1 is 0.811 bits per heavy atom. The first-order valence-electron chi connectivity index (χ1n) is 14.6. The van der Waals surface area contributed by atoms with E-state index in [0.29, 0.717) is 18.9 Å².